The van der Waals surface area contributed by atoms with Gasteiger partial charge in [-0.3, -0.25) is 0 Å². The Kier molecular flexibility index (Phi) is 8.82. The van der Waals surface area contributed by atoms with Crippen LogP contribution in [0.5, 0.6) is 0 Å². The van der Waals surface area contributed by atoms with Crippen LogP contribution in [0.2, 0.25) is 0 Å². The van der Waals surface area contributed by atoms with Crippen molar-refractivity contribution in [3.63, 3.8) is 0 Å². The molecule has 4 aromatic carbocycles. The highest BCUT2D eigenvalue weighted by Gasteiger charge is 2.12. The van der Waals surface area contributed by atoms with Crippen molar-refractivity contribution >= 4 is 5.97 Å². The molecule has 0 saturated carbocycles. The summed E-state index contributed by atoms with van der Waals surface area (Å²) in [5, 5.41) is 12.5. The molecule has 0 aliphatic heterocycles. The first-order valence-corrected chi connectivity index (χ1v) is 12.0. The molecule has 4 rings (SSSR count). The number of carboxylic acid groups (broad SMARTS) is 1. The smallest absolute Gasteiger partial charge is 0.335 e. The first kappa shape index (κ1) is 24.4. The maximum atomic E-state index is 11.0. The third-order valence-electron chi connectivity index (χ3n) is 6.05. The Balaban J connectivity index is 1.30. The number of benzene rings is 4. The second kappa shape index (κ2) is 12.7. The fraction of sp³-hybridized carbons (Fsp3) is 0.194. The number of aryl methyl sites for hydroxylation is 2. The Morgan fingerprint density at radius 1 is 0.686 bits per heavy atom. The molecule has 0 bridgehead atoms. The summed E-state index contributed by atoms with van der Waals surface area (Å²) in [5.74, 6) is -0.911. The van der Waals surface area contributed by atoms with E-state index in [1.54, 1.807) is 12.1 Å². The fourth-order valence-electron chi connectivity index (χ4n) is 3.99. The summed E-state index contributed by atoms with van der Waals surface area (Å²) in [5.41, 5.74) is 6.29. The Morgan fingerprint density at radius 3 is 1.86 bits per heavy atom. The Hall–Kier alpha value is -3.73. The van der Waals surface area contributed by atoms with Crippen LogP contribution >= 0.6 is 0 Å². The molecule has 1 atom stereocenters. The molecule has 4 aromatic rings. The van der Waals surface area contributed by atoms with Gasteiger partial charge in [0.05, 0.1) is 18.3 Å². The highest BCUT2D eigenvalue weighted by Crippen LogP contribution is 2.19. The normalized spacial score (nSPS) is 11.8. The molecular weight excluding hydrogens is 434 g/mol. The van der Waals surface area contributed by atoms with Crippen molar-refractivity contribution in [1.29, 1.82) is 0 Å². The zero-order chi connectivity index (χ0) is 24.3. The molecule has 0 spiro atoms. The number of carboxylic acids is 1. The Bertz CT molecular complexity index is 1170. The van der Waals surface area contributed by atoms with Crippen LogP contribution in [0.4, 0.5) is 0 Å². The molecule has 0 heterocycles. The lowest BCUT2D eigenvalue weighted by molar-refractivity contribution is 0.0396. The predicted molar refractivity (Wildman–Crippen MR) is 139 cm³/mol. The summed E-state index contributed by atoms with van der Waals surface area (Å²) in [6.45, 7) is 1.83. The minimum absolute atomic E-state index is 0.0905. The maximum absolute atomic E-state index is 11.0. The largest absolute Gasteiger partial charge is 0.478 e. The van der Waals surface area contributed by atoms with E-state index in [9.17, 15) is 4.79 Å². The average Bonchev–Trinajstić information content (AvgIpc) is 2.91. The van der Waals surface area contributed by atoms with Crippen molar-refractivity contribution in [2.24, 2.45) is 0 Å². The summed E-state index contributed by atoms with van der Waals surface area (Å²) in [6.07, 6.45) is 1.97. The maximum Gasteiger partial charge on any atom is 0.335 e. The quantitative estimate of drug-likeness (QED) is 0.261. The van der Waals surface area contributed by atoms with Crippen molar-refractivity contribution < 1.29 is 14.6 Å². The molecule has 0 aromatic heterocycles. The Labute approximate surface area is 207 Å². The molecule has 4 nitrogen and oxygen atoms in total. The van der Waals surface area contributed by atoms with E-state index in [2.05, 4.69) is 72.0 Å². The number of hydrogen-bond donors (Lipinski definition) is 2. The van der Waals surface area contributed by atoms with Gasteiger partial charge < -0.3 is 15.2 Å². The third-order valence-corrected chi connectivity index (χ3v) is 6.05. The molecule has 178 valence electrons. The first-order valence-electron chi connectivity index (χ1n) is 12.0. The van der Waals surface area contributed by atoms with Gasteiger partial charge in [0.2, 0.25) is 0 Å². The number of ether oxygens (including phenoxy) is 1. The second-order valence-electron chi connectivity index (χ2n) is 8.65. The van der Waals surface area contributed by atoms with Crippen molar-refractivity contribution in [3.8, 4) is 0 Å². The summed E-state index contributed by atoms with van der Waals surface area (Å²) in [6, 6.07) is 36.4. The number of hydrogen-bond acceptors (Lipinski definition) is 3. The molecular formula is C31H31NO3. The van der Waals surface area contributed by atoms with E-state index in [4.69, 9.17) is 9.84 Å². The minimum Gasteiger partial charge on any atom is -0.478 e. The van der Waals surface area contributed by atoms with Gasteiger partial charge >= 0.3 is 5.97 Å². The van der Waals surface area contributed by atoms with E-state index in [0.29, 0.717) is 25.3 Å². The minimum atomic E-state index is -0.911. The lowest BCUT2D eigenvalue weighted by Crippen LogP contribution is -2.23. The first-order chi connectivity index (χ1) is 17.2. The molecule has 2 N–H and O–H groups in total. The predicted octanol–water partition coefficient (Wildman–Crippen LogP) is 6.22. The summed E-state index contributed by atoms with van der Waals surface area (Å²) >= 11 is 0. The molecule has 35 heavy (non-hydrogen) atoms. The zero-order valence-corrected chi connectivity index (χ0v) is 19.8. The molecule has 0 fully saturated rings. The van der Waals surface area contributed by atoms with Crippen molar-refractivity contribution in [2.45, 2.75) is 32.1 Å². The highest BCUT2D eigenvalue weighted by atomic mass is 16.5. The van der Waals surface area contributed by atoms with Crippen LogP contribution in [0, 0.1) is 0 Å². The van der Waals surface area contributed by atoms with E-state index in [1.165, 1.54) is 11.1 Å². The highest BCUT2D eigenvalue weighted by molar-refractivity contribution is 5.87. The van der Waals surface area contributed by atoms with Gasteiger partial charge in [-0.05, 0) is 52.8 Å². The van der Waals surface area contributed by atoms with Crippen LogP contribution in [0.1, 0.15) is 44.3 Å². The van der Waals surface area contributed by atoms with Crippen molar-refractivity contribution in [2.75, 3.05) is 6.54 Å². The van der Waals surface area contributed by atoms with Crippen LogP contribution in [-0.2, 0) is 30.7 Å². The van der Waals surface area contributed by atoms with Gasteiger partial charge in [0, 0.05) is 13.1 Å². The van der Waals surface area contributed by atoms with Crippen LogP contribution < -0.4 is 5.32 Å². The average molecular weight is 466 g/mol. The second-order valence-corrected chi connectivity index (χ2v) is 8.65. The summed E-state index contributed by atoms with van der Waals surface area (Å²) in [4.78, 5) is 11.0. The third kappa shape index (κ3) is 7.64. The summed E-state index contributed by atoms with van der Waals surface area (Å²) in [7, 11) is 0. The van der Waals surface area contributed by atoms with Gasteiger partial charge in [0.15, 0.2) is 0 Å². The van der Waals surface area contributed by atoms with Gasteiger partial charge in [0.25, 0.3) is 0 Å². The van der Waals surface area contributed by atoms with E-state index in [0.717, 1.165) is 29.5 Å². The standard InChI is InChI=1S/C31H31NO3/c33-31(34)29-19-17-26(18-20-29)21-32-22-30(28-9-5-2-6-10-28)35-23-27-15-13-25(14-16-27)12-11-24-7-3-1-4-8-24/h1-10,13-20,30,32H,11-12,21-23H2,(H,33,34). The molecule has 0 aliphatic carbocycles. The Morgan fingerprint density at radius 2 is 1.23 bits per heavy atom. The monoisotopic (exact) mass is 465 g/mol. The number of rotatable bonds is 12. The van der Waals surface area contributed by atoms with E-state index in [-0.39, 0.29) is 6.10 Å². The lowest BCUT2D eigenvalue weighted by Gasteiger charge is -2.19. The topological polar surface area (TPSA) is 58.6 Å². The van der Waals surface area contributed by atoms with Gasteiger partial charge in [-0.2, -0.15) is 0 Å². The molecule has 4 heteroatoms. The number of aromatic carboxylic acids is 1. The van der Waals surface area contributed by atoms with Crippen molar-refractivity contribution in [1.82, 2.24) is 5.32 Å². The van der Waals surface area contributed by atoms with E-state index < -0.39 is 5.97 Å². The van der Waals surface area contributed by atoms with Crippen LogP contribution in [0.3, 0.4) is 0 Å². The van der Waals surface area contributed by atoms with Gasteiger partial charge in [-0.15, -0.1) is 0 Å². The van der Waals surface area contributed by atoms with Gasteiger partial charge in [-0.1, -0.05) is 97.1 Å². The molecule has 0 saturated heterocycles. The van der Waals surface area contributed by atoms with Gasteiger partial charge in [0.1, 0.15) is 0 Å². The van der Waals surface area contributed by atoms with E-state index >= 15 is 0 Å². The summed E-state index contributed by atoms with van der Waals surface area (Å²) < 4.78 is 6.33. The molecule has 0 amide bonds. The zero-order valence-electron chi connectivity index (χ0n) is 19.8. The van der Waals surface area contributed by atoms with Crippen molar-refractivity contribution in [3.05, 3.63) is 143 Å². The number of nitrogens with one attached hydrogen (secondary N) is 1. The van der Waals surface area contributed by atoms with Crippen LogP contribution in [-0.4, -0.2) is 17.6 Å². The molecule has 0 radical (unpaired) electrons. The lowest BCUT2D eigenvalue weighted by atomic mass is 10.0. The van der Waals surface area contributed by atoms with Gasteiger partial charge in [-0.25, -0.2) is 4.79 Å². The van der Waals surface area contributed by atoms with E-state index in [1.807, 2.05) is 30.3 Å². The van der Waals surface area contributed by atoms with Crippen LogP contribution in [0.25, 0.3) is 0 Å². The number of carbonyl (C=O) groups is 1. The van der Waals surface area contributed by atoms with Crippen LogP contribution in [0.15, 0.2) is 109 Å². The fourth-order valence-corrected chi connectivity index (χ4v) is 3.99. The molecule has 1 unspecified atom stereocenters. The molecule has 0 aliphatic rings. The SMILES string of the molecule is O=C(O)c1ccc(CNCC(OCc2ccc(CCc3ccccc3)cc2)c2ccccc2)cc1.